The number of nitrogens with one attached hydrogen (secondary N) is 1. The monoisotopic (exact) mass is 326 g/mol. The van der Waals surface area contributed by atoms with Crippen molar-refractivity contribution in [3.05, 3.63) is 47.7 Å². The van der Waals surface area contributed by atoms with E-state index in [-0.39, 0.29) is 11.9 Å². The molecule has 1 saturated heterocycles. The van der Waals surface area contributed by atoms with E-state index in [1.807, 2.05) is 36.1 Å². The Bertz CT molecular complexity index is 856. The number of carbonyl (C=O) groups excluding carboxylic acids is 1. The minimum Gasteiger partial charge on any atom is -0.461 e. The third-order valence-electron chi connectivity index (χ3n) is 4.43. The molecule has 1 amide bonds. The van der Waals surface area contributed by atoms with Crippen LogP contribution in [-0.2, 0) is 16.0 Å². The molecule has 0 aliphatic carbocycles. The maximum absolute atomic E-state index is 12.9. The topological polar surface area (TPSA) is 84.2 Å². The summed E-state index contributed by atoms with van der Waals surface area (Å²) in [5.41, 5.74) is 1.75. The van der Waals surface area contributed by atoms with Crippen molar-refractivity contribution in [2.24, 2.45) is 0 Å². The molecule has 1 aliphatic heterocycles. The number of H-pyrrole nitrogens is 1. The number of furan rings is 1. The van der Waals surface area contributed by atoms with Crippen LogP contribution in [0.3, 0.4) is 0 Å². The van der Waals surface area contributed by atoms with Gasteiger partial charge < -0.3 is 14.1 Å². The second-order valence-corrected chi connectivity index (χ2v) is 5.86. The van der Waals surface area contributed by atoms with Gasteiger partial charge in [0.2, 0.25) is 5.91 Å². The summed E-state index contributed by atoms with van der Waals surface area (Å²) in [6.45, 7) is 3.39. The first kappa shape index (κ1) is 14.9. The fourth-order valence-corrected chi connectivity index (χ4v) is 3.20. The zero-order valence-electron chi connectivity index (χ0n) is 13.4. The third kappa shape index (κ3) is 2.56. The van der Waals surface area contributed by atoms with Crippen molar-refractivity contribution in [1.29, 1.82) is 0 Å². The second-order valence-electron chi connectivity index (χ2n) is 5.86. The molecule has 1 fully saturated rings. The van der Waals surface area contributed by atoms with Gasteiger partial charge in [0.25, 0.3) is 0 Å². The van der Waals surface area contributed by atoms with Gasteiger partial charge in [-0.05, 0) is 13.0 Å². The Morgan fingerprint density at radius 3 is 3.12 bits per heavy atom. The van der Waals surface area contributed by atoms with Crippen LogP contribution in [0, 0.1) is 6.92 Å². The molecule has 0 radical (unpaired) electrons. The lowest BCUT2D eigenvalue weighted by atomic mass is 10.1. The molecule has 24 heavy (non-hydrogen) atoms. The van der Waals surface area contributed by atoms with E-state index in [1.54, 1.807) is 0 Å². The first-order chi connectivity index (χ1) is 11.7. The van der Waals surface area contributed by atoms with Crippen LogP contribution >= 0.6 is 0 Å². The van der Waals surface area contributed by atoms with Crippen molar-refractivity contribution >= 4 is 16.9 Å². The zero-order chi connectivity index (χ0) is 16.5. The van der Waals surface area contributed by atoms with Crippen LogP contribution in [0.4, 0.5) is 0 Å². The minimum absolute atomic E-state index is 0.0364. The quantitative estimate of drug-likeness (QED) is 0.796. The van der Waals surface area contributed by atoms with Gasteiger partial charge in [-0.25, -0.2) is 4.98 Å². The zero-order valence-corrected chi connectivity index (χ0v) is 13.4. The molecule has 124 valence electrons. The van der Waals surface area contributed by atoms with E-state index in [0.29, 0.717) is 32.0 Å². The minimum atomic E-state index is -0.229. The van der Waals surface area contributed by atoms with Crippen LogP contribution in [-0.4, -0.2) is 45.7 Å². The largest absolute Gasteiger partial charge is 0.461 e. The molecule has 1 N–H and O–H groups in total. The molecule has 7 nitrogen and oxygen atoms in total. The van der Waals surface area contributed by atoms with E-state index in [4.69, 9.17) is 9.15 Å². The maximum atomic E-state index is 12.9. The lowest BCUT2D eigenvalue weighted by molar-refractivity contribution is -0.139. The van der Waals surface area contributed by atoms with Crippen LogP contribution in [0.1, 0.15) is 23.2 Å². The molecule has 0 spiro atoms. The third-order valence-corrected chi connectivity index (χ3v) is 4.43. The van der Waals surface area contributed by atoms with E-state index >= 15 is 0 Å². The Morgan fingerprint density at radius 2 is 2.29 bits per heavy atom. The fraction of sp³-hybridized carbons (Fsp3) is 0.353. The Balaban J connectivity index is 1.61. The Hall–Kier alpha value is -2.67. The first-order valence-electron chi connectivity index (χ1n) is 7.93. The number of benzene rings is 1. The summed E-state index contributed by atoms with van der Waals surface area (Å²) < 4.78 is 11.3. The van der Waals surface area contributed by atoms with Crippen LogP contribution in [0.5, 0.6) is 0 Å². The lowest BCUT2D eigenvalue weighted by Gasteiger charge is -2.34. The summed E-state index contributed by atoms with van der Waals surface area (Å²) in [5, 5.41) is 7.71. The van der Waals surface area contributed by atoms with Gasteiger partial charge in [0, 0.05) is 17.5 Å². The molecule has 1 unspecified atom stereocenters. The molecule has 2 aromatic heterocycles. The van der Waals surface area contributed by atoms with Crippen molar-refractivity contribution < 1.29 is 13.9 Å². The summed E-state index contributed by atoms with van der Waals surface area (Å²) in [7, 11) is 0. The predicted octanol–water partition coefficient (Wildman–Crippen LogP) is 2.00. The van der Waals surface area contributed by atoms with Crippen molar-refractivity contribution in [2.75, 3.05) is 19.8 Å². The number of aromatic amines is 1. The molecule has 3 heterocycles. The smallest absolute Gasteiger partial charge is 0.227 e. The van der Waals surface area contributed by atoms with Crippen molar-refractivity contribution in [3.63, 3.8) is 0 Å². The van der Waals surface area contributed by atoms with Gasteiger partial charge in [-0.2, -0.15) is 5.10 Å². The molecule has 1 aliphatic rings. The van der Waals surface area contributed by atoms with Crippen LogP contribution in [0.2, 0.25) is 0 Å². The standard InChI is InChI=1S/C17H18N4O3/c1-11-13(12-4-2-3-5-15(12)24-11)8-16(22)21-6-7-23-9-14(21)17-18-10-19-20-17/h2-5,10,14H,6-9H2,1H3,(H,18,19,20). The number of aryl methyl sites for hydroxylation is 1. The molecule has 1 atom stereocenters. The summed E-state index contributed by atoms with van der Waals surface area (Å²) in [4.78, 5) is 18.9. The number of ether oxygens (including phenoxy) is 1. The van der Waals surface area contributed by atoms with Gasteiger partial charge in [-0.3, -0.25) is 9.89 Å². The molecule has 7 heteroatoms. The van der Waals surface area contributed by atoms with E-state index in [0.717, 1.165) is 22.3 Å². The van der Waals surface area contributed by atoms with E-state index in [1.165, 1.54) is 6.33 Å². The number of nitrogens with zero attached hydrogens (tertiary/aromatic N) is 3. The summed E-state index contributed by atoms with van der Waals surface area (Å²) in [6.07, 6.45) is 1.74. The van der Waals surface area contributed by atoms with Gasteiger partial charge in [-0.15, -0.1) is 0 Å². The highest BCUT2D eigenvalue weighted by molar-refractivity contribution is 5.88. The summed E-state index contributed by atoms with van der Waals surface area (Å²) in [6, 6.07) is 7.56. The average Bonchev–Trinajstić information content (AvgIpc) is 3.24. The van der Waals surface area contributed by atoms with Crippen LogP contribution < -0.4 is 0 Å². The van der Waals surface area contributed by atoms with Gasteiger partial charge in [0.15, 0.2) is 0 Å². The molecule has 3 aromatic rings. The number of morpholine rings is 1. The van der Waals surface area contributed by atoms with Crippen molar-refractivity contribution in [1.82, 2.24) is 20.1 Å². The molecule has 4 rings (SSSR count). The number of aromatic nitrogens is 3. The van der Waals surface area contributed by atoms with Gasteiger partial charge in [-0.1, -0.05) is 18.2 Å². The predicted molar refractivity (Wildman–Crippen MR) is 86.3 cm³/mol. The summed E-state index contributed by atoms with van der Waals surface area (Å²) in [5.74, 6) is 1.47. The Labute approximate surface area is 138 Å². The van der Waals surface area contributed by atoms with E-state index < -0.39 is 0 Å². The number of hydrogen-bond acceptors (Lipinski definition) is 5. The van der Waals surface area contributed by atoms with Crippen LogP contribution in [0.15, 0.2) is 35.0 Å². The Kier molecular flexibility index (Phi) is 3.78. The highest BCUT2D eigenvalue weighted by Crippen LogP contribution is 2.28. The Morgan fingerprint density at radius 1 is 1.42 bits per heavy atom. The van der Waals surface area contributed by atoms with Gasteiger partial charge in [0.05, 0.1) is 19.6 Å². The van der Waals surface area contributed by atoms with Gasteiger partial charge in [0.1, 0.15) is 29.5 Å². The van der Waals surface area contributed by atoms with E-state index in [9.17, 15) is 4.79 Å². The van der Waals surface area contributed by atoms with Gasteiger partial charge >= 0.3 is 0 Å². The van der Waals surface area contributed by atoms with Crippen molar-refractivity contribution in [2.45, 2.75) is 19.4 Å². The molecule has 1 aromatic carbocycles. The summed E-state index contributed by atoms with van der Waals surface area (Å²) >= 11 is 0. The molecule has 0 bridgehead atoms. The number of carbonyl (C=O) groups is 1. The highest BCUT2D eigenvalue weighted by atomic mass is 16.5. The highest BCUT2D eigenvalue weighted by Gasteiger charge is 2.31. The molecule has 0 saturated carbocycles. The first-order valence-corrected chi connectivity index (χ1v) is 7.93. The number of fused-ring (bicyclic) bond motifs is 1. The number of para-hydroxylation sites is 1. The maximum Gasteiger partial charge on any atom is 0.227 e. The normalized spacial score (nSPS) is 18.2. The number of amides is 1. The second kappa shape index (κ2) is 6.09. The number of rotatable bonds is 3. The lowest BCUT2D eigenvalue weighted by Crippen LogP contribution is -2.44. The SMILES string of the molecule is Cc1oc2ccccc2c1CC(=O)N1CCOCC1c1ncn[nH]1. The van der Waals surface area contributed by atoms with Crippen LogP contribution in [0.25, 0.3) is 11.0 Å². The molecular formula is C17H18N4O3. The van der Waals surface area contributed by atoms with E-state index in [2.05, 4.69) is 15.2 Å². The average molecular weight is 326 g/mol. The van der Waals surface area contributed by atoms with Crippen molar-refractivity contribution in [3.8, 4) is 0 Å². The number of hydrogen-bond donors (Lipinski definition) is 1. The fourth-order valence-electron chi connectivity index (χ4n) is 3.20. The molecular weight excluding hydrogens is 308 g/mol.